The predicted octanol–water partition coefficient (Wildman–Crippen LogP) is -1.59. The SMILES string of the molecule is NCCOP(=O)(O)O.[NaH]. The van der Waals surface area contributed by atoms with Crippen molar-refractivity contribution in [1.82, 2.24) is 0 Å². The van der Waals surface area contributed by atoms with Gasteiger partial charge in [-0.3, -0.25) is 4.52 Å². The van der Waals surface area contributed by atoms with Gasteiger partial charge in [0.05, 0.1) is 6.61 Å². The summed E-state index contributed by atoms with van der Waals surface area (Å²) in [6.45, 7) is 0.00931. The molecule has 4 N–H and O–H groups in total. The zero-order chi connectivity index (χ0) is 6.62. The summed E-state index contributed by atoms with van der Waals surface area (Å²) in [5.74, 6) is 0. The second-order valence-corrected chi connectivity index (χ2v) is 2.35. The molecule has 0 rings (SSSR count). The predicted molar refractivity (Wildman–Crippen MR) is 34.2 cm³/mol. The van der Waals surface area contributed by atoms with Gasteiger partial charge in [-0.15, -0.1) is 0 Å². The molecule has 0 aliphatic heterocycles. The van der Waals surface area contributed by atoms with Crippen molar-refractivity contribution in [2.75, 3.05) is 13.2 Å². The second kappa shape index (κ2) is 5.82. The molecule has 5 nitrogen and oxygen atoms in total. The van der Waals surface area contributed by atoms with Crippen molar-refractivity contribution in [1.29, 1.82) is 0 Å². The fraction of sp³-hybridized carbons (Fsp3) is 1.00. The van der Waals surface area contributed by atoms with Gasteiger partial charge in [-0.1, -0.05) is 0 Å². The Bertz CT molecular complexity index is 103. The minimum atomic E-state index is -4.26. The Morgan fingerprint density at radius 1 is 1.56 bits per heavy atom. The van der Waals surface area contributed by atoms with E-state index in [0.29, 0.717) is 0 Å². The molecule has 0 saturated carbocycles. The van der Waals surface area contributed by atoms with E-state index in [2.05, 4.69) is 4.52 Å². The molecule has 0 radical (unpaired) electrons. The fourth-order valence-corrected chi connectivity index (χ4v) is 0.515. The van der Waals surface area contributed by atoms with Gasteiger partial charge < -0.3 is 15.5 Å². The van der Waals surface area contributed by atoms with Crippen molar-refractivity contribution in [2.45, 2.75) is 0 Å². The normalized spacial score (nSPS) is 10.6. The topological polar surface area (TPSA) is 92.8 Å². The molecule has 0 unspecified atom stereocenters. The zero-order valence-corrected chi connectivity index (χ0v) is 5.04. The van der Waals surface area contributed by atoms with Crippen molar-refractivity contribution in [2.24, 2.45) is 5.73 Å². The molecule has 0 amide bonds. The maximum absolute atomic E-state index is 9.81. The molecule has 0 aromatic rings. The van der Waals surface area contributed by atoms with Crippen LogP contribution in [-0.4, -0.2) is 52.5 Å². The van der Waals surface area contributed by atoms with E-state index >= 15 is 0 Å². The molecule has 0 aromatic heterocycles. The summed E-state index contributed by atoms with van der Waals surface area (Å²) in [7, 11) is -4.26. The average Bonchev–Trinajstić information content (AvgIpc) is 1.59. The molecule has 0 atom stereocenters. The van der Waals surface area contributed by atoms with Gasteiger partial charge in [0.15, 0.2) is 0 Å². The van der Waals surface area contributed by atoms with E-state index in [1.165, 1.54) is 0 Å². The Balaban J connectivity index is 0. The molecule has 52 valence electrons. The number of phosphoric ester groups is 1. The van der Waals surface area contributed by atoms with Crippen molar-refractivity contribution < 1.29 is 18.9 Å². The third-order valence-electron chi connectivity index (χ3n) is 0.377. The summed E-state index contributed by atoms with van der Waals surface area (Å²) in [6, 6.07) is 0. The molecular weight excluding hydrogens is 156 g/mol. The summed E-state index contributed by atoms with van der Waals surface area (Å²) in [6.07, 6.45) is 0. The van der Waals surface area contributed by atoms with Gasteiger partial charge >= 0.3 is 37.4 Å². The average molecular weight is 165 g/mol. The molecule has 0 bridgehead atoms. The summed E-state index contributed by atoms with van der Waals surface area (Å²) in [5.41, 5.74) is 4.87. The molecular formula is C2H9NNaO4P. The number of phosphoric acid groups is 1. The van der Waals surface area contributed by atoms with Gasteiger partial charge in [0, 0.05) is 6.54 Å². The first kappa shape index (κ1) is 12.7. The Labute approximate surface area is 75.1 Å². The van der Waals surface area contributed by atoms with Crippen LogP contribution in [0, 0.1) is 0 Å². The van der Waals surface area contributed by atoms with Crippen LogP contribution >= 0.6 is 7.82 Å². The van der Waals surface area contributed by atoms with Crippen molar-refractivity contribution in [3.63, 3.8) is 0 Å². The molecule has 0 fully saturated rings. The number of hydrogen-bond donors (Lipinski definition) is 3. The minimum absolute atomic E-state index is 0. The van der Waals surface area contributed by atoms with Crippen LogP contribution in [0.5, 0.6) is 0 Å². The maximum atomic E-state index is 9.81. The fourth-order valence-electron chi connectivity index (χ4n) is 0.172. The molecule has 0 aromatic carbocycles. The first-order valence-electron chi connectivity index (χ1n) is 1.96. The number of nitrogens with two attached hydrogens (primary N) is 1. The molecule has 0 aliphatic carbocycles. The Kier molecular flexibility index (Phi) is 8.23. The van der Waals surface area contributed by atoms with Crippen molar-refractivity contribution in [3.05, 3.63) is 0 Å². The van der Waals surface area contributed by atoms with E-state index in [-0.39, 0.29) is 42.7 Å². The summed E-state index contributed by atoms with van der Waals surface area (Å²) >= 11 is 0. The van der Waals surface area contributed by atoms with Gasteiger partial charge in [-0.25, -0.2) is 4.57 Å². The van der Waals surface area contributed by atoms with Crippen LogP contribution in [0.25, 0.3) is 0 Å². The van der Waals surface area contributed by atoms with Gasteiger partial charge in [0.2, 0.25) is 0 Å². The van der Waals surface area contributed by atoms with Crippen molar-refractivity contribution in [3.8, 4) is 0 Å². The van der Waals surface area contributed by atoms with E-state index in [0.717, 1.165) is 0 Å². The molecule has 9 heavy (non-hydrogen) atoms. The van der Waals surface area contributed by atoms with Crippen molar-refractivity contribution >= 4 is 37.4 Å². The Morgan fingerprint density at radius 3 is 2.11 bits per heavy atom. The molecule has 0 aliphatic rings. The van der Waals surface area contributed by atoms with Crippen LogP contribution in [0.2, 0.25) is 0 Å². The van der Waals surface area contributed by atoms with Crippen LogP contribution in [0.3, 0.4) is 0 Å². The van der Waals surface area contributed by atoms with Crippen LogP contribution in [0.15, 0.2) is 0 Å². The first-order valence-corrected chi connectivity index (χ1v) is 3.49. The molecule has 0 heterocycles. The third-order valence-corrected chi connectivity index (χ3v) is 0.896. The number of hydrogen-bond acceptors (Lipinski definition) is 3. The van der Waals surface area contributed by atoms with Gasteiger partial charge in [-0.05, 0) is 0 Å². The molecule has 7 heteroatoms. The van der Waals surface area contributed by atoms with Crippen LogP contribution in [-0.2, 0) is 9.09 Å². The monoisotopic (exact) mass is 165 g/mol. The van der Waals surface area contributed by atoms with Crippen LogP contribution < -0.4 is 5.73 Å². The van der Waals surface area contributed by atoms with Crippen LogP contribution in [0.4, 0.5) is 0 Å². The zero-order valence-electron chi connectivity index (χ0n) is 4.15. The first-order chi connectivity index (χ1) is 3.56. The summed E-state index contributed by atoms with van der Waals surface area (Å²) in [5, 5.41) is 0. The third kappa shape index (κ3) is 12.3. The Hall–Kier alpha value is 1.07. The van der Waals surface area contributed by atoms with E-state index in [1.807, 2.05) is 0 Å². The van der Waals surface area contributed by atoms with Gasteiger partial charge in [0.25, 0.3) is 0 Å². The summed E-state index contributed by atoms with van der Waals surface area (Å²) < 4.78 is 13.7. The molecule has 0 saturated heterocycles. The Morgan fingerprint density at radius 2 is 2.00 bits per heavy atom. The van der Waals surface area contributed by atoms with E-state index < -0.39 is 7.82 Å². The quantitative estimate of drug-likeness (QED) is 0.346. The van der Waals surface area contributed by atoms with Gasteiger partial charge in [-0.2, -0.15) is 0 Å². The number of rotatable bonds is 3. The van der Waals surface area contributed by atoms with E-state index in [1.54, 1.807) is 0 Å². The standard InChI is InChI=1S/C2H8NO4P.Na.H/c3-1-2-7-8(4,5)6;;/h1-3H2,(H2,4,5,6);;. The molecule has 0 spiro atoms. The van der Waals surface area contributed by atoms with Gasteiger partial charge in [0.1, 0.15) is 0 Å². The summed E-state index contributed by atoms with van der Waals surface area (Å²) in [4.78, 5) is 16.0. The van der Waals surface area contributed by atoms with Crippen LogP contribution in [0.1, 0.15) is 0 Å². The second-order valence-electron chi connectivity index (χ2n) is 1.11. The van der Waals surface area contributed by atoms with E-state index in [9.17, 15) is 4.57 Å². The van der Waals surface area contributed by atoms with E-state index in [4.69, 9.17) is 15.5 Å².